The molecule has 2 aromatic rings. The summed E-state index contributed by atoms with van der Waals surface area (Å²) in [5.74, 6) is -0.245. The van der Waals surface area contributed by atoms with Gasteiger partial charge in [0.2, 0.25) is 6.79 Å². The molecule has 0 saturated carbocycles. The summed E-state index contributed by atoms with van der Waals surface area (Å²) in [4.78, 5) is 29.2. The molecule has 2 atom stereocenters. The van der Waals surface area contributed by atoms with Gasteiger partial charge in [-0.3, -0.25) is 14.5 Å². The Labute approximate surface area is 209 Å². The number of hydrogen-bond donors (Lipinski definition) is 2. The molecule has 36 heavy (non-hydrogen) atoms. The van der Waals surface area contributed by atoms with Crippen molar-refractivity contribution in [3.63, 3.8) is 0 Å². The number of ether oxygens (including phenoxy) is 3. The van der Waals surface area contributed by atoms with Gasteiger partial charge in [0, 0.05) is 45.9 Å². The van der Waals surface area contributed by atoms with Gasteiger partial charge in [-0.15, -0.1) is 0 Å². The van der Waals surface area contributed by atoms with Gasteiger partial charge in [-0.2, -0.15) is 0 Å². The Morgan fingerprint density at radius 1 is 1.00 bits per heavy atom. The number of hydrogen-bond acceptors (Lipinski definition) is 7. The van der Waals surface area contributed by atoms with E-state index in [1.54, 1.807) is 12.1 Å². The molecule has 0 spiro atoms. The molecule has 2 aromatic carbocycles. The first kappa shape index (κ1) is 24.3. The summed E-state index contributed by atoms with van der Waals surface area (Å²) in [5.41, 5.74) is 1.53. The average Bonchev–Trinajstić information content (AvgIpc) is 3.60. The first-order chi connectivity index (χ1) is 17.6. The number of halogens is 1. The van der Waals surface area contributed by atoms with Crippen molar-refractivity contribution < 1.29 is 28.2 Å². The molecule has 0 unspecified atom stereocenters. The molecule has 2 fully saturated rings. The van der Waals surface area contributed by atoms with E-state index < -0.39 is 11.8 Å². The van der Waals surface area contributed by atoms with E-state index in [2.05, 4.69) is 15.5 Å². The number of rotatable bonds is 7. The van der Waals surface area contributed by atoms with Gasteiger partial charge >= 0.3 is 11.8 Å². The van der Waals surface area contributed by atoms with Crippen LogP contribution in [-0.4, -0.2) is 75.5 Å². The van der Waals surface area contributed by atoms with E-state index in [1.165, 1.54) is 6.07 Å². The Kier molecular flexibility index (Phi) is 7.52. The lowest BCUT2D eigenvalue weighted by atomic mass is 10.0. The average molecular weight is 499 g/mol. The number of nitrogens with one attached hydrogen (secondary N) is 2. The Hall–Kier alpha value is -3.37. The molecule has 3 aliphatic heterocycles. The van der Waals surface area contributed by atoms with Crippen molar-refractivity contribution >= 4 is 17.5 Å². The Morgan fingerprint density at radius 3 is 2.56 bits per heavy atom. The maximum atomic E-state index is 14.3. The zero-order chi connectivity index (χ0) is 24.9. The number of benzene rings is 2. The molecule has 10 heteroatoms. The van der Waals surface area contributed by atoms with Crippen LogP contribution in [0.1, 0.15) is 24.4 Å². The number of carbonyl (C=O) groups excluding carboxylic acids is 2. The second-order valence-electron chi connectivity index (χ2n) is 9.16. The highest BCUT2D eigenvalue weighted by Crippen LogP contribution is 2.36. The predicted octanol–water partition coefficient (Wildman–Crippen LogP) is 1.83. The normalized spacial score (nSPS) is 20.2. The summed E-state index contributed by atoms with van der Waals surface area (Å²) >= 11 is 0. The van der Waals surface area contributed by atoms with Crippen LogP contribution in [0.4, 0.5) is 10.1 Å². The zero-order valence-electron chi connectivity index (χ0n) is 20.1. The third-order valence-corrected chi connectivity index (χ3v) is 6.91. The molecule has 9 nitrogen and oxygen atoms in total. The minimum atomic E-state index is -0.677. The zero-order valence-corrected chi connectivity index (χ0v) is 20.1. The number of amides is 2. The van der Waals surface area contributed by atoms with Crippen LogP contribution in [0.25, 0.3) is 0 Å². The van der Waals surface area contributed by atoms with E-state index in [0.29, 0.717) is 56.5 Å². The van der Waals surface area contributed by atoms with E-state index in [1.807, 2.05) is 29.2 Å². The Morgan fingerprint density at radius 2 is 1.78 bits per heavy atom. The van der Waals surface area contributed by atoms with Gasteiger partial charge in [0.25, 0.3) is 0 Å². The molecule has 192 valence electrons. The lowest BCUT2D eigenvalue weighted by Crippen LogP contribution is -2.51. The Balaban J connectivity index is 1.24. The van der Waals surface area contributed by atoms with Crippen molar-refractivity contribution in [1.82, 2.24) is 15.5 Å². The van der Waals surface area contributed by atoms with Crippen LogP contribution in [0.2, 0.25) is 0 Å². The van der Waals surface area contributed by atoms with Crippen molar-refractivity contribution in [2.24, 2.45) is 0 Å². The predicted molar refractivity (Wildman–Crippen MR) is 130 cm³/mol. The monoisotopic (exact) mass is 498 g/mol. The highest BCUT2D eigenvalue weighted by atomic mass is 19.1. The van der Waals surface area contributed by atoms with E-state index >= 15 is 0 Å². The molecular formula is C26H31FN4O5. The maximum Gasteiger partial charge on any atom is 0.309 e. The summed E-state index contributed by atoms with van der Waals surface area (Å²) in [6.07, 6.45) is 1.81. The topological polar surface area (TPSA) is 92.4 Å². The van der Waals surface area contributed by atoms with Crippen LogP contribution >= 0.6 is 0 Å². The number of piperazine rings is 1. The van der Waals surface area contributed by atoms with E-state index in [9.17, 15) is 14.0 Å². The molecule has 2 amide bonds. The smallest absolute Gasteiger partial charge is 0.309 e. The summed E-state index contributed by atoms with van der Waals surface area (Å²) < 4.78 is 30.8. The number of nitrogens with zero attached hydrogens (tertiary/aromatic N) is 2. The van der Waals surface area contributed by atoms with Gasteiger partial charge in [-0.1, -0.05) is 18.2 Å². The first-order valence-electron chi connectivity index (χ1n) is 12.4. The summed E-state index contributed by atoms with van der Waals surface area (Å²) in [6, 6.07) is 12.3. The highest BCUT2D eigenvalue weighted by molar-refractivity contribution is 6.35. The Bertz CT molecular complexity index is 1090. The fourth-order valence-corrected chi connectivity index (χ4v) is 4.92. The number of anilines is 1. The fraction of sp³-hybridized carbons (Fsp3) is 0.462. The van der Waals surface area contributed by atoms with Crippen molar-refractivity contribution in [3.8, 4) is 11.5 Å². The molecule has 2 saturated heterocycles. The second-order valence-corrected chi connectivity index (χ2v) is 9.16. The number of fused-ring (bicyclic) bond motifs is 1. The molecule has 0 aliphatic carbocycles. The van der Waals surface area contributed by atoms with Crippen LogP contribution < -0.4 is 25.0 Å². The van der Waals surface area contributed by atoms with Gasteiger partial charge in [0.15, 0.2) is 11.5 Å². The molecule has 5 rings (SSSR count). The van der Waals surface area contributed by atoms with E-state index in [-0.39, 0.29) is 31.3 Å². The van der Waals surface area contributed by atoms with Crippen molar-refractivity contribution in [1.29, 1.82) is 0 Å². The lowest BCUT2D eigenvalue weighted by Gasteiger charge is -2.40. The van der Waals surface area contributed by atoms with E-state index in [0.717, 1.165) is 18.4 Å². The van der Waals surface area contributed by atoms with Gasteiger partial charge < -0.3 is 29.7 Å². The minimum absolute atomic E-state index is 0.0334. The summed E-state index contributed by atoms with van der Waals surface area (Å²) in [6.45, 7) is 4.03. The third-order valence-electron chi connectivity index (χ3n) is 6.91. The van der Waals surface area contributed by atoms with Crippen LogP contribution in [0.15, 0.2) is 42.5 Å². The number of para-hydroxylation sites is 1. The van der Waals surface area contributed by atoms with Gasteiger partial charge in [-0.25, -0.2) is 4.39 Å². The quantitative estimate of drug-likeness (QED) is 0.563. The molecule has 0 bridgehead atoms. The largest absolute Gasteiger partial charge is 0.454 e. The molecule has 3 heterocycles. The second kappa shape index (κ2) is 11.1. The van der Waals surface area contributed by atoms with E-state index in [4.69, 9.17) is 14.2 Å². The third kappa shape index (κ3) is 5.55. The highest BCUT2D eigenvalue weighted by Gasteiger charge is 2.29. The summed E-state index contributed by atoms with van der Waals surface area (Å²) in [7, 11) is 0. The van der Waals surface area contributed by atoms with Gasteiger partial charge in [0.05, 0.1) is 17.8 Å². The molecular weight excluding hydrogens is 467 g/mol. The SMILES string of the molecule is O=C(NC[C@H]1CCCO1)C(=O)NC[C@H](c1ccc2c(c1)OCO2)N1CCN(c2ccccc2F)CC1. The van der Waals surface area contributed by atoms with Crippen LogP contribution in [0, 0.1) is 5.82 Å². The van der Waals surface area contributed by atoms with Crippen LogP contribution in [0.3, 0.4) is 0 Å². The molecule has 3 aliphatic rings. The van der Waals surface area contributed by atoms with Gasteiger partial charge in [-0.05, 0) is 42.7 Å². The first-order valence-corrected chi connectivity index (χ1v) is 12.4. The van der Waals surface area contributed by atoms with Crippen molar-refractivity contribution in [2.45, 2.75) is 25.0 Å². The fourth-order valence-electron chi connectivity index (χ4n) is 4.92. The van der Waals surface area contributed by atoms with Crippen LogP contribution in [0.5, 0.6) is 11.5 Å². The molecule has 2 N–H and O–H groups in total. The molecule has 0 aromatic heterocycles. The van der Waals surface area contributed by atoms with Crippen molar-refractivity contribution in [3.05, 3.63) is 53.8 Å². The lowest BCUT2D eigenvalue weighted by molar-refractivity contribution is -0.139. The maximum absolute atomic E-state index is 14.3. The van der Waals surface area contributed by atoms with Crippen LogP contribution in [-0.2, 0) is 14.3 Å². The van der Waals surface area contributed by atoms with Crippen molar-refractivity contribution in [2.75, 3.05) is 57.6 Å². The summed E-state index contributed by atoms with van der Waals surface area (Å²) in [5, 5.41) is 5.46. The standard InChI is InChI=1S/C26H31FN4O5/c27-20-5-1-2-6-21(20)30-9-11-31(12-10-30)22(18-7-8-23-24(14-18)36-17-35-23)16-29-26(33)25(32)28-15-19-4-3-13-34-19/h1-2,5-8,14,19,22H,3-4,9-13,15-17H2,(H,28,32)(H,29,33)/t19-,22-/m1/s1. The molecule has 0 radical (unpaired) electrons. The van der Waals surface area contributed by atoms with Gasteiger partial charge in [0.1, 0.15) is 5.82 Å². The minimum Gasteiger partial charge on any atom is -0.454 e. The number of carbonyl (C=O) groups is 2.